The Balaban J connectivity index is 1.20. The van der Waals surface area contributed by atoms with Crippen molar-refractivity contribution in [2.45, 2.75) is 45.6 Å². The van der Waals surface area contributed by atoms with E-state index in [-0.39, 0.29) is 42.8 Å². The number of aromatic nitrogens is 1. The number of ether oxygens (including phenoxy) is 2. The van der Waals surface area contributed by atoms with Crippen LogP contribution in [0.5, 0.6) is 5.75 Å². The van der Waals surface area contributed by atoms with Crippen molar-refractivity contribution in [3.05, 3.63) is 71.4 Å². The van der Waals surface area contributed by atoms with E-state index in [2.05, 4.69) is 10.3 Å². The Bertz CT molecular complexity index is 1520. The molecule has 2 aliphatic heterocycles. The second-order valence-corrected chi connectivity index (χ2v) is 11.5. The second kappa shape index (κ2) is 14.9. The standard InChI is InChI=1S/C34H41N5O6/c1-3-4-19-44-34(43)38-17-15-37(16-18-38)31(40)22-35-33(42)28-21-30(26-13-12-24(2)20-27(26)36-28)45-23-32(41)39-14-8-11-29(39)25-9-6-5-7-10-25/h5-7,9-10,12-13,20-21,29H,3-4,8,11,14-19,22-23H2,1-2H3,(H,35,42)/t29-/m0/s1. The lowest BCUT2D eigenvalue weighted by Gasteiger charge is -2.34. The topological polar surface area (TPSA) is 121 Å². The monoisotopic (exact) mass is 615 g/mol. The molecule has 0 saturated carbocycles. The van der Waals surface area contributed by atoms with Gasteiger partial charge in [0, 0.05) is 44.2 Å². The summed E-state index contributed by atoms with van der Waals surface area (Å²) < 4.78 is 11.3. The third-order valence-corrected chi connectivity index (χ3v) is 8.28. The SMILES string of the molecule is CCCCOC(=O)N1CCN(C(=O)CNC(=O)c2cc(OCC(=O)N3CCC[C@H]3c3ccccc3)c3ccc(C)cc3n2)CC1. The van der Waals surface area contributed by atoms with Gasteiger partial charge in [0.25, 0.3) is 11.8 Å². The van der Waals surface area contributed by atoms with Gasteiger partial charge in [-0.2, -0.15) is 0 Å². The maximum atomic E-state index is 13.3. The molecule has 5 rings (SSSR count). The highest BCUT2D eigenvalue weighted by Crippen LogP contribution is 2.32. The number of fused-ring (bicyclic) bond motifs is 1. The number of rotatable bonds is 10. The third-order valence-electron chi connectivity index (χ3n) is 8.28. The zero-order chi connectivity index (χ0) is 31.8. The van der Waals surface area contributed by atoms with Crippen molar-refractivity contribution in [1.82, 2.24) is 25.0 Å². The number of nitrogens with one attached hydrogen (secondary N) is 1. The lowest BCUT2D eigenvalue weighted by molar-refractivity contribution is -0.134. The van der Waals surface area contributed by atoms with E-state index in [4.69, 9.17) is 9.47 Å². The Morgan fingerprint density at radius 2 is 1.69 bits per heavy atom. The molecule has 0 radical (unpaired) electrons. The number of likely N-dealkylation sites (tertiary alicyclic amines) is 1. The van der Waals surface area contributed by atoms with Crippen LogP contribution in [0.25, 0.3) is 10.9 Å². The van der Waals surface area contributed by atoms with Crippen LogP contribution in [0.1, 0.15) is 60.3 Å². The van der Waals surface area contributed by atoms with E-state index in [0.29, 0.717) is 56.0 Å². The van der Waals surface area contributed by atoms with Gasteiger partial charge in [0.2, 0.25) is 5.91 Å². The van der Waals surface area contributed by atoms with Gasteiger partial charge in [0.15, 0.2) is 6.61 Å². The maximum absolute atomic E-state index is 13.3. The molecule has 1 aromatic heterocycles. The normalized spacial score (nSPS) is 16.5. The van der Waals surface area contributed by atoms with Crippen LogP contribution in [0.4, 0.5) is 4.79 Å². The molecule has 0 spiro atoms. The van der Waals surface area contributed by atoms with E-state index < -0.39 is 5.91 Å². The number of piperazine rings is 1. The van der Waals surface area contributed by atoms with Crippen LogP contribution >= 0.6 is 0 Å². The highest BCUT2D eigenvalue weighted by Gasteiger charge is 2.30. The molecule has 1 N–H and O–H groups in total. The summed E-state index contributed by atoms with van der Waals surface area (Å²) >= 11 is 0. The van der Waals surface area contributed by atoms with Gasteiger partial charge in [-0.1, -0.05) is 49.7 Å². The predicted molar refractivity (Wildman–Crippen MR) is 169 cm³/mol. The van der Waals surface area contributed by atoms with Crippen molar-refractivity contribution in [3.8, 4) is 5.75 Å². The maximum Gasteiger partial charge on any atom is 0.409 e. The molecule has 3 aromatic rings. The molecule has 11 heteroatoms. The molecule has 45 heavy (non-hydrogen) atoms. The number of hydrogen-bond acceptors (Lipinski definition) is 7. The quantitative estimate of drug-likeness (QED) is 0.341. The van der Waals surface area contributed by atoms with Crippen LogP contribution in [-0.4, -0.2) is 96.0 Å². The van der Waals surface area contributed by atoms with E-state index in [0.717, 1.165) is 36.8 Å². The minimum absolute atomic E-state index is 0.0144. The van der Waals surface area contributed by atoms with Crippen LogP contribution in [0.3, 0.4) is 0 Å². The largest absolute Gasteiger partial charge is 0.483 e. The van der Waals surface area contributed by atoms with E-state index in [9.17, 15) is 19.2 Å². The molecule has 1 atom stereocenters. The van der Waals surface area contributed by atoms with Crippen molar-refractivity contribution in [2.24, 2.45) is 0 Å². The highest BCUT2D eigenvalue weighted by molar-refractivity contribution is 5.98. The molecular formula is C34H41N5O6. The number of nitrogens with zero attached hydrogens (tertiary/aromatic N) is 4. The number of pyridine rings is 1. The Morgan fingerprint density at radius 3 is 2.44 bits per heavy atom. The molecule has 3 heterocycles. The molecule has 0 bridgehead atoms. The molecule has 2 aromatic carbocycles. The van der Waals surface area contributed by atoms with Crippen molar-refractivity contribution < 1.29 is 28.7 Å². The molecule has 11 nitrogen and oxygen atoms in total. The Labute approximate surface area is 263 Å². The van der Waals surface area contributed by atoms with Gasteiger partial charge in [0.05, 0.1) is 24.7 Å². The average Bonchev–Trinajstić information content (AvgIpc) is 3.56. The van der Waals surface area contributed by atoms with Gasteiger partial charge >= 0.3 is 6.09 Å². The zero-order valence-corrected chi connectivity index (χ0v) is 26.0. The number of aryl methyl sites for hydroxylation is 1. The van der Waals surface area contributed by atoms with E-state index >= 15 is 0 Å². The summed E-state index contributed by atoms with van der Waals surface area (Å²) in [5.74, 6) is -0.518. The highest BCUT2D eigenvalue weighted by atomic mass is 16.6. The van der Waals surface area contributed by atoms with Gasteiger partial charge in [-0.05, 0) is 49.4 Å². The summed E-state index contributed by atoms with van der Waals surface area (Å²) in [5.41, 5.74) is 2.71. The third kappa shape index (κ3) is 7.89. The van der Waals surface area contributed by atoms with E-state index in [1.807, 2.05) is 67.3 Å². The van der Waals surface area contributed by atoms with Crippen LogP contribution in [0.15, 0.2) is 54.6 Å². The van der Waals surface area contributed by atoms with Gasteiger partial charge in [-0.3, -0.25) is 14.4 Å². The Hall–Kier alpha value is -4.67. The number of carbonyl (C=O) groups excluding carboxylic acids is 4. The molecule has 2 fully saturated rings. The first kappa shape index (κ1) is 31.7. The minimum Gasteiger partial charge on any atom is -0.483 e. The summed E-state index contributed by atoms with van der Waals surface area (Å²) in [5, 5.41) is 3.36. The first-order chi connectivity index (χ1) is 21.8. The molecule has 2 saturated heterocycles. The number of carbonyl (C=O) groups is 4. The van der Waals surface area contributed by atoms with Crippen LogP contribution in [0, 0.1) is 6.92 Å². The second-order valence-electron chi connectivity index (χ2n) is 11.5. The van der Waals surface area contributed by atoms with Gasteiger partial charge in [-0.25, -0.2) is 9.78 Å². The number of benzene rings is 2. The van der Waals surface area contributed by atoms with Gasteiger partial charge < -0.3 is 29.5 Å². The molecule has 0 aliphatic carbocycles. The molecule has 238 valence electrons. The zero-order valence-electron chi connectivity index (χ0n) is 26.0. The number of amides is 4. The van der Waals surface area contributed by atoms with Crippen LogP contribution in [0.2, 0.25) is 0 Å². The summed E-state index contributed by atoms with van der Waals surface area (Å²) in [6.45, 7) is 6.10. The van der Waals surface area contributed by atoms with Crippen LogP contribution < -0.4 is 10.1 Å². The van der Waals surface area contributed by atoms with Crippen LogP contribution in [-0.2, 0) is 14.3 Å². The first-order valence-corrected chi connectivity index (χ1v) is 15.7. The average molecular weight is 616 g/mol. The lowest BCUT2D eigenvalue weighted by atomic mass is 10.0. The smallest absolute Gasteiger partial charge is 0.409 e. The number of hydrogen-bond donors (Lipinski definition) is 1. The van der Waals surface area contributed by atoms with E-state index in [1.165, 1.54) is 6.07 Å². The summed E-state index contributed by atoms with van der Waals surface area (Å²) in [7, 11) is 0. The minimum atomic E-state index is -0.523. The number of unbranched alkanes of at least 4 members (excludes halogenated alkanes) is 1. The summed E-state index contributed by atoms with van der Waals surface area (Å²) in [6.07, 6.45) is 3.22. The van der Waals surface area contributed by atoms with Gasteiger partial charge in [-0.15, -0.1) is 0 Å². The lowest BCUT2D eigenvalue weighted by Crippen LogP contribution is -2.52. The van der Waals surface area contributed by atoms with E-state index in [1.54, 1.807) is 9.80 Å². The molecule has 0 unspecified atom stereocenters. The fourth-order valence-corrected chi connectivity index (χ4v) is 5.74. The summed E-state index contributed by atoms with van der Waals surface area (Å²) in [4.78, 5) is 61.1. The summed E-state index contributed by atoms with van der Waals surface area (Å²) in [6, 6.07) is 17.2. The molecule has 4 amide bonds. The fraction of sp³-hybridized carbons (Fsp3) is 0.441. The molecule has 2 aliphatic rings. The first-order valence-electron chi connectivity index (χ1n) is 15.7. The van der Waals surface area contributed by atoms with Crippen molar-refractivity contribution in [1.29, 1.82) is 0 Å². The Morgan fingerprint density at radius 1 is 0.933 bits per heavy atom. The Kier molecular flexibility index (Phi) is 10.5. The molecular weight excluding hydrogens is 574 g/mol. The van der Waals surface area contributed by atoms with Crippen molar-refractivity contribution in [2.75, 3.05) is 52.5 Å². The predicted octanol–water partition coefficient (Wildman–Crippen LogP) is 4.10. The van der Waals surface area contributed by atoms with Crippen molar-refractivity contribution in [3.63, 3.8) is 0 Å². The van der Waals surface area contributed by atoms with Gasteiger partial charge in [0.1, 0.15) is 11.4 Å². The fourth-order valence-electron chi connectivity index (χ4n) is 5.74. The van der Waals surface area contributed by atoms with Crippen molar-refractivity contribution >= 4 is 34.7 Å².